The molecule has 0 saturated carbocycles. The number of allylic oxidation sites excluding steroid dienone is 4. The van der Waals surface area contributed by atoms with Gasteiger partial charge in [0.15, 0.2) is 11.9 Å². The van der Waals surface area contributed by atoms with Crippen molar-refractivity contribution in [3.8, 4) is 0 Å². The molecule has 2 aromatic rings. The number of anilines is 1. The van der Waals surface area contributed by atoms with Crippen LogP contribution in [0.25, 0.3) is 0 Å². The Hall–Kier alpha value is -2.78. The summed E-state index contributed by atoms with van der Waals surface area (Å²) in [5.74, 6) is 0.754. The molecule has 4 heteroatoms. The van der Waals surface area contributed by atoms with Crippen LogP contribution >= 0.6 is 11.6 Å². The van der Waals surface area contributed by atoms with Gasteiger partial charge in [0.2, 0.25) is 0 Å². The maximum atomic E-state index is 6.06. The summed E-state index contributed by atoms with van der Waals surface area (Å²) in [6.07, 6.45) is 9.78. The van der Waals surface area contributed by atoms with Crippen molar-refractivity contribution in [2.45, 2.75) is 6.10 Å². The van der Waals surface area contributed by atoms with E-state index in [1.807, 2.05) is 78.9 Å². The fourth-order valence-corrected chi connectivity index (χ4v) is 2.89. The van der Waals surface area contributed by atoms with Crippen molar-refractivity contribution >= 4 is 23.1 Å². The van der Waals surface area contributed by atoms with E-state index in [2.05, 4.69) is 16.1 Å². The van der Waals surface area contributed by atoms with E-state index in [9.17, 15) is 0 Å². The molecule has 1 unspecified atom stereocenters. The standard InChI is InChI=1S/C20H15ClN2O/c21-16-11-13-17(14-12-16)23-18-9-5-2-6-10-19(18)24-22-20(23)15-7-3-1-4-8-15/h1-14,19H. The molecular weight excluding hydrogens is 320 g/mol. The lowest BCUT2D eigenvalue weighted by Crippen LogP contribution is -2.40. The van der Waals surface area contributed by atoms with E-state index in [0.717, 1.165) is 22.8 Å². The fraction of sp³-hybridized carbons (Fsp3) is 0.0500. The first-order chi connectivity index (χ1) is 11.8. The molecule has 1 aliphatic heterocycles. The van der Waals surface area contributed by atoms with Crippen molar-refractivity contribution in [1.82, 2.24) is 0 Å². The van der Waals surface area contributed by atoms with Gasteiger partial charge in [0.05, 0.1) is 5.70 Å². The molecule has 0 aromatic heterocycles. The predicted octanol–water partition coefficient (Wildman–Crippen LogP) is 4.92. The van der Waals surface area contributed by atoms with Crippen molar-refractivity contribution in [2.75, 3.05) is 4.90 Å². The Balaban J connectivity index is 1.87. The third-order valence-electron chi connectivity index (χ3n) is 3.91. The minimum Gasteiger partial charge on any atom is -0.380 e. The second kappa shape index (κ2) is 6.38. The minimum atomic E-state index is -0.219. The van der Waals surface area contributed by atoms with Gasteiger partial charge < -0.3 is 4.84 Å². The van der Waals surface area contributed by atoms with Crippen LogP contribution in [0, 0.1) is 0 Å². The summed E-state index contributed by atoms with van der Waals surface area (Å²) in [6.45, 7) is 0. The van der Waals surface area contributed by atoms with Gasteiger partial charge in [-0.15, -0.1) is 0 Å². The average Bonchev–Trinajstić information content (AvgIpc) is 2.88. The Morgan fingerprint density at radius 3 is 2.50 bits per heavy atom. The lowest BCUT2D eigenvalue weighted by atomic mass is 10.1. The largest absolute Gasteiger partial charge is 0.380 e. The highest BCUT2D eigenvalue weighted by Crippen LogP contribution is 2.31. The summed E-state index contributed by atoms with van der Waals surface area (Å²) < 4.78 is 0. The average molecular weight is 335 g/mol. The lowest BCUT2D eigenvalue weighted by molar-refractivity contribution is 0.108. The van der Waals surface area contributed by atoms with Crippen molar-refractivity contribution in [2.24, 2.45) is 5.16 Å². The summed E-state index contributed by atoms with van der Waals surface area (Å²) in [6, 6.07) is 17.8. The normalized spacial score (nSPS) is 19.0. The Labute approximate surface area is 145 Å². The highest BCUT2D eigenvalue weighted by Gasteiger charge is 2.30. The van der Waals surface area contributed by atoms with Crippen LogP contribution in [0.3, 0.4) is 0 Å². The molecule has 0 radical (unpaired) electrons. The number of oxime groups is 1. The van der Waals surface area contributed by atoms with Crippen LogP contribution in [0.5, 0.6) is 0 Å². The highest BCUT2D eigenvalue weighted by molar-refractivity contribution is 6.30. The monoisotopic (exact) mass is 334 g/mol. The molecule has 0 amide bonds. The van der Waals surface area contributed by atoms with E-state index >= 15 is 0 Å². The van der Waals surface area contributed by atoms with Crippen molar-refractivity contribution < 1.29 is 4.84 Å². The van der Waals surface area contributed by atoms with Crippen LogP contribution in [-0.2, 0) is 4.84 Å². The lowest BCUT2D eigenvalue weighted by Gasteiger charge is -2.34. The Morgan fingerprint density at radius 2 is 1.71 bits per heavy atom. The van der Waals surface area contributed by atoms with E-state index in [4.69, 9.17) is 16.4 Å². The van der Waals surface area contributed by atoms with Crippen molar-refractivity contribution in [3.05, 3.63) is 101 Å². The quantitative estimate of drug-likeness (QED) is 0.779. The molecule has 0 spiro atoms. The molecule has 118 valence electrons. The maximum absolute atomic E-state index is 6.06. The number of hydrogen-bond acceptors (Lipinski definition) is 3. The molecule has 1 heterocycles. The first-order valence-electron chi connectivity index (χ1n) is 7.73. The van der Waals surface area contributed by atoms with Crippen LogP contribution in [0.15, 0.2) is 95.8 Å². The number of hydrogen-bond donors (Lipinski definition) is 0. The van der Waals surface area contributed by atoms with Gasteiger partial charge in [-0.25, -0.2) is 0 Å². The molecule has 1 atom stereocenters. The van der Waals surface area contributed by atoms with Gasteiger partial charge in [-0.05, 0) is 36.4 Å². The Morgan fingerprint density at radius 1 is 0.917 bits per heavy atom. The zero-order valence-electron chi connectivity index (χ0n) is 12.8. The smallest absolute Gasteiger partial charge is 0.186 e. The molecule has 2 aliphatic rings. The molecule has 0 fully saturated rings. The van der Waals surface area contributed by atoms with Crippen LogP contribution in [0.2, 0.25) is 5.02 Å². The molecule has 0 N–H and O–H groups in total. The van der Waals surface area contributed by atoms with E-state index in [0.29, 0.717) is 5.02 Å². The molecule has 2 aromatic carbocycles. The summed E-state index contributed by atoms with van der Waals surface area (Å²) in [7, 11) is 0. The second-order valence-corrected chi connectivity index (χ2v) is 5.92. The highest BCUT2D eigenvalue weighted by atomic mass is 35.5. The van der Waals surface area contributed by atoms with Crippen molar-refractivity contribution in [1.29, 1.82) is 0 Å². The van der Waals surface area contributed by atoms with E-state index in [-0.39, 0.29) is 6.10 Å². The van der Waals surface area contributed by atoms with Crippen LogP contribution in [0.1, 0.15) is 5.56 Å². The molecule has 0 saturated heterocycles. The predicted molar refractivity (Wildman–Crippen MR) is 98.1 cm³/mol. The van der Waals surface area contributed by atoms with Gasteiger partial charge in [0, 0.05) is 16.3 Å². The van der Waals surface area contributed by atoms with E-state index < -0.39 is 0 Å². The first-order valence-corrected chi connectivity index (χ1v) is 8.11. The molecule has 24 heavy (non-hydrogen) atoms. The minimum absolute atomic E-state index is 0.219. The van der Waals surface area contributed by atoms with Gasteiger partial charge in [0.1, 0.15) is 0 Å². The van der Waals surface area contributed by atoms with Gasteiger partial charge in [-0.3, -0.25) is 4.90 Å². The number of fused-ring (bicyclic) bond motifs is 1. The second-order valence-electron chi connectivity index (χ2n) is 5.48. The summed E-state index contributed by atoms with van der Waals surface area (Å²) in [5, 5.41) is 5.10. The van der Waals surface area contributed by atoms with E-state index in [1.165, 1.54) is 0 Å². The number of rotatable bonds is 2. The molecule has 0 bridgehead atoms. The number of nitrogens with zero attached hydrogens (tertiary/aromatic N) is 2. The molecule has 1 aliphatic carbocycles. The van der Waals surface area contributed by atoms with Gasteiger partial charge in [-0.1, -0.05) is 65.3 Å². The molecule has 3 nitrogen and oxygen atoms in total. The summed E-state index contributed by atoms with van der Waals surface area (Å²) >= 11 is 6.06. The van der Waals surface area contributed by atoms with Gasteiger partial charge in [-0.2, -0.15) is 0 Å². The summed E-state index contributed by atoms with van der Waals surface area (Å²) in [4.78, 5) is 7.84. The van der Waals surface area contributed by atoms with Gasteiger partial charge >= 0.3 is 0 Å². The van der Waals surface area contributed by atoms with Gasteiger partial charge in [0.25, 0.3) is 0 Å². The summed E-state index contributed by atoms with van der Waals surface area (Å²) in [5.41, 5.74) is 2.99. The number of halogens is 1. The van der Waals surface area contributed by atoms with Crippen LogP contribution in [0.4, 0.5) is 5.69 Å². The number of amidine groups is 1. The Bertz CT molecular complexity index is 851. The maximum Gasteiger partial charge on any atom is 0.186 e. The van der Waals surface area contributed by atoms with Crippen LogP contribution < -0.4 is 4.90 Å². The third kappa shape index (κ3) is 2.74. The van der Waals surface area contributed by atoms with Crippen LogP contribution in [-0.4, -0.2) is 11.9 Å². The first kappa shape index (κ1) is 14.8. The zero-order chi connectivity index (χ0) is 16.4. The topological polar surface area (TPSA) is 24.8 Å². The third-order valence-corrected chi connectivity index (χ3v) is 4.16. The molecule has 4 rings (SSSR count). The number of benzene rings is 2. The fourth-order valence-electron chi connectivity index (χ4n) is 2.77. The van der Waals surface area contributed by atoms with Crippen molar-refractivity contribution in [3.63, 3.8) is 0 Å². The van der Waals surface area contributed by atoms with E-state index in [1.54, 1.807) is 0 Å². The Kier molecular flexibility index (Phi) is 3.93. The zero-order valence-corrected chi connectivity index (χ0v) is 13.6. The molecular formula is C20H15ClN2O. The SMILES string of the molecule is Clc1ccc(N2C3=CC=CC=CC3ON=C2c2ccccc2)cc1.